The van der Waals surface area contributed by atoms with Crippen molar-refractivity contribution in [3.63, 3.8) is 0 Å². The molecule has 2 N–H and O–H groups in total. The maximum Gasteiger partial charge on any atom is 0.112 e. The highest BCUT2D eigenvalue weighted by Gasteiger charge is 1.99. The summed E-state index contributed by atoms with van der Waals surface area (Å²) in [5, 5.41) is 0. The van der Waals surface area contributed by atoms with Gasteiger partial charge in [0, 0.05) is 16.9 Å². The van der Waals surface area contributed by atoms with Gasteiger partial charge in [0.25, 0.3) is 0 Å². The maximum absolute atomic E-state index is 5.69. The first-order valence-electron chi connectivity index (χ1n) is 3.43. The van der Waals surface area contributed by atoms with E-state index in [0.29, 0.717) is 5.69 Å². The third-order valence-corrected chi connectivity index (χ3v) is 2.01. The van der Waals surface area contributed by atoms with Crippen LogP contribution in [-0.4, -0.2) is 9.97 Å². The SMILES string of the molecule is Nc1ccnc2cc(Br)cnc12. The number of nitrogen functional groups attached to an aromatic ring is 1. The zero-order valence-electron chi connectivity index (χ0n) is 6.16. The lowest BCUT2D eigenvalue weighted by Crippen LogP contribution is -1.90. The Bertz CT molecular complexity index is 428. The topological polar surface area (TPSA) is 51.8 Å². The quantitative estimate of drug-likeness (QED) is 0.744. The van der Waals surface area contributed by atoms with Gasteiger partial charge in [-0.3, -0.25) is 9.97 Å². The second kappa shape index (κ2) is 2.71. The van der Waals surface area contributed by atoms with Gasteiger partial charge in [0.2, 0.25) is 0 Å². The maximum atomic E-state index is 5.69. The fraction of sp³-hybridized carbons (Fsp3) is 0. The third-order valence-electron chi connectivity index (χ3n) is 1.58. The van der Waals surface area contributed by atoms with Crippen molar-refractivity contribution in [2.24, 2.45) is 0 Å². The lowest BCUT2D eigenvalue weighted by molar-refractivity contribution is 1.33. The summed E-state index contributed by atoms with van der Waals surface area (Å²) in [5.74, 6) is 0. The van der Waals surface area contributed by atoms with Crippen molar-refractivity contribution in [3.05, 3.63) is 29.0 Å². The molecule has 2 aromatic heterocycles. The lowest BCUT2D eigenvalue weighted by Gasteiger charge is -1.98. The molecular weight excluding hydrogens is 218 g/mol. The van der Waals surface area contributed by atoms with E-state index in [9.17, 15) is 0 Å². The molecule has 0 aliphatic rings. The first-order chi connectivity index (χ1) is 5.77. The van der Waals surface area contributed by atoms with E-state index in [1.54, 1.807) is 18.5 Å². The number of hydrogen-bond donors (Lipinski definition) is 1. The normalized spacial score (nSPS) is 10.4. The molecule has 0 fully saturated rings. The summed E-state index contributed by atoms with van der Waals surface area (Å²) in [6, 6.07) is 3.63. The zero-order valence-corrected chi connectivity index (χ0v) is 7.75. The molecule has 0 unspecified atom stereocenters. The van der Waals surface area contributed by atoms with Gasteiger partial charge in [-0.05, 0) is 28.1 Å². The summed E-state index contributed by atoms with van der Waals surface area (Å²) in [6.07, 6.45) is 3.38. The second-order valence-corrected chi connectivity index (χ2v) is 3.34. The van der Waals surface area contributed by atoms with E-state index in [2.05, 4.69) is 25.9 Å². The van der Waals surface area contributed by atoms with Gasteiger partial charge in [-0.1, -0.05) is 0 Å². The molecule has 2 aromatic rings. The highest BCUT2D eigenvalue weighted by atomic mass is 79.9. The molecule has 0 amide bonds. The van der Waals surface area contributed by atoms with Crippen molar-refractivity contribution in [3.8, 4) is 0 Å². The Hall–Kier alpha value is -1.16. The van der Waals surface area contributed by atoms with E-state index < -0.39 is 0 Å². The molecule has 0 bridgehead atoms. The number of pyridine rings is 2. The van der Waals surface area contributed by atoms with Crippen molar-refractivity contribution in [2.45, 2.75) is 0 Å². The number of nitrogens with two attached hydrogens (primary N) is 1. The Morgan fingerprint density at radius 2 is 2.17 bits per heavy atom. The van der Waals surface area contributed by atoms with Crippen LogP contribution in [0.4, 0.5) is 5.69 Å². The molecule has 60 valence electrons. The monoisotopic (exact) mass is 223 g/mol. The number of nitrogens with zero attached hydrogens (tertiary/aromatic N) is 2. The molecule has 2 heterocycles. The fourth-order valence-electron chi connectivity index (χ4n) is 1.03. The molecule has 0 saturated carbocycles. The molecule has 3 nitrogen and oxygen atoms in total. The van der Waals surface area contributed by atoms with Crippen LogP contribution in [0.3, 0.4) is 0 Å². The number of fused-ring (bicyclic) bond motifs is 1. The van der Waals surface area contributed by atoms with E-state index >= 15 is 0 Å². The van der Waals surface area contributed by atoms with Gasteiger partial charge < -0.3 is 5.73 Å². The molecule has 2 rings (SSSR count). The first-order valence-corrected chi connectivity index (χ1v) is 4.22. The van der Waals surface area contributed by atoms with Crippen LogP contribution < -0.4 is 5.73 Å². The van der Waals surface area contributed by atoms with Gasteiger partial charge >= 0.3 is 0 Å². The van der Waals surface area contributed by atoms with E-state index in [0.717, 1.165) is 15.5 Å². The van der Waals surface area contributed by atoms with Crippen LogP contribution in [0.15, 0.2) is 29.0 Å². The summed E-state index contributed by atoms with van der Waals surface area (Å²) < 4.78 is 0.910. The van der Waals surface area contributed by atoms with Gasteiger partial charge in [0.1, 0.15) is 5.52 Å². The molecule has 4 heteroatoms. The Labute approximate surface area is 77.8 Å². The van der Waals surface area contributed by atoms with Gasteiger partial charge in [-0.15, -0.1) is 0 Å². The van der Waals surface area contributed by atoms with Gasteiger partial charge in [0.15, 0.2) is 0 Å². The summed E-state index contributed by atoms with van der Waals surface area (Å²) >= 11 is 3.31. The van der Waals surface area contributed by atoms with E-state index in [4.69, 9.17) is 5.73 Å². The van der Waals surface area contributed by atoms with E-state index in [1.807, 2.05) is 6.07 Å². The predicted molar refractivity (Wildman–Crippen MR) is 51.7 cm³/mol. The molecule has 0 saturated heterocycles. The average Bonchev–Trinajstić information content (AvgIpc) is 2.04. The van der Waals surface area contributed by atoms with Crippen molar-refractivity contribution < 1.29 is 0 Å². The standard InChI is InChI=1S/C8H6BrN3/c9-5-3-7-8(12-4-5)6(10)1-2-11-7/h1-4H,(H2,10,11). The first kappa shape index (κ1) is 7.49. The lowest BCUT2D eigenvalue weighted by atomic mass is 10.3. The summed E-state index contributed by atoms with van der Waals surface area (Å²) in [6.45, 7) is 0. The van der Waals surface area contributed by atoms with Crippen LogP contribution in [0.2, 0.25) is 0 Å². The molecule has 0 aliphatic heterocycles. The Kier molecular flexibility index (Phi) is 1.69. The smallest absolute Gasteiger partial charge is 0.112 e. The minimum Gasteiger partial charge on any atom is -0.397 e. The zero-order chi connectivity index (χ0) is 8.55. The minimum absolute atomic E-state index is 0.660. The Morgan fingerprint density at radius 1 is 1.33 bits per heavy atom. The predicted octanol–water partition coefficient (Wildman–Crippen LogP) is 1.97. The van der Waals surface area contributed by atoms with Crippen molar-refractivity contribution >= 4 is 32.7 Å². The van der Waals surface area contributed by atoms with E-state index in [1.165, 1.54) is 0 Å². The number of aromatic nitrogens is 2. The number of rotatable bonds is 0. The molecule has 0 atom stereocenters. The molecule has 12 heavy (non-hydrogen) atoms. The van der Waals surface area contributed by atoms with Gasteiger partial charge in [-0.2, -0.15) is 0 Å². The fourth-order valence-corrected chi connectivity index (χ4v) is 1.35. The van der Waals surface area contributed by atoms with Crippen molar-refractivity contribution in [1.29, 1.82) is 0 Å². The molecule has 0 radical (unpaired) electrons. The largest absolute Gasteiger partial charge is 0.397 e. The molecule has 0 aliphatic carbocycles. The average molecular weight is 224 g/mol. The Morgan fingerprint density at radius 3 is 3.00 bits per heavy atom. The van der Waals surface area contributed by atoms with Gasteiger partial charge in [0.05, 0.1) is 11.2 Å². The summed E-state index contributed by atoms with van der Waals surface area (Å²) in [5.41, 5.74) is 7.91. The number of anilines is 1. The highest BCUT2D eigenvalue weighted by molar-refractivity contribution is 9.10. The van der Waals surface area contributed by atoms with E-state index in [-0.39, 0.29) is 0 Å². The van der Waals surface area contributed by atoms with Crippen LogP contribution in [0, 0.1) is 0 Å². The van der Waals surface area contributed by atoms with Crippen molar-refractivity contribution in [2.75, 3.05) is 5.73 Å². The second-order valence-electron chi connectivity index (χ2n) is 2.42. The van der Waals surface area contributed by atoms with Gasteiger partial charge in [-0.25, -0.2) is 0 Å². The van der Waals surface area contributed by atoms with Crippen LogP contribution in [0.25, 0.3) is 11.0 Å². The molecular formula is C8H6BrN3. The van der Waals surface area contributed by atoms with Crippen LogP contribution >= 0.6 is 15.9 Å². The molecule has 0 spiro atoms. The van der Waals surface area contributed by atoms with Crippen LogP contribution in [0.5, 0.6) is 0 Å². The Balaban J connectivity index is 2.86. The highest BCUT2D eigenvalue weighted by Crippen LogP contribution is 2.18. The van der Waals surface area contributed by atoms with Crippen molar-refractivity contribution in [1.82, 2.24) is 9.97 Å². The number of halogens is 1. The minimum atomic E-state index is 0.660. The summed E-state index contributed by atoms with van der Waals surface area (Å²) in [4.78, 5) is 8.28. The molecule has 0 aromatic carbocycles. The summed E-state index contributed by atoms with van der Waals surface area (Å²) in [7, 11) is 0. The van der Waals surface area contributed by atoms with Crippen LogP contribution in [0.1, 0.15) is 0 Å². The third kappa shape index (κ3) is 1.14. The number of hydrogen-bond acceptors (Lipinski definition) is 3. The van der Waals surface area contributed by atoms with Crippen LogP contribution in [-0.2, 0) is 0 Å².